The molecule has 20 heavy (non-hydrogen) atoms. The highest BCUT2D eigenvalue weighted by Crippen LogP contribution is 2.22. The van der Waals surface area contributed by atoms with Crippen molar-refractivity contribution in [3.63, 3.8) is 0 Å². The van der Waals surface area contributed by atoms with Crippen LogP contribution in [0.3, 0.4) is 0 Å². The van der Waals surface area contributed by atoms with Crippen LogP contribution in [0.4, 0.5) is 5.69 Å². The summed E-state index contributed by atoms with van der Waals surface area (Å²) in [6.45, 7) is 5.88. The van der Waals surface area contributed by atoms with Gasteiger partial charge in [-0.05, 0) is 57.2 Å². The third-order valence-electron chi connectivity index (χ3n) is 2.81. The lowest BCUT2D eigenvalue weighted by Crippen LogP contribution is -2.09. The number of rotatable bonds is 4. The van der Waals surface area contributed by atoms with Crippen molar-refractivity contribution in [1.82, 2.24) is 4.98 Å². The molecular formula is C15H18N2O2S. The number of aryl methyl sites for hydroxylation is 1. The van der Waals surface area contributed by atoms with Gasteiger partial charge in [-0.3, -0.25) is 4.98 Å². The maximum atomic E-state index is 12.4. The lowest BCUT2D eigenvalue weighted by atomic mass is 10.3. The van der Waals surface area contributed by atoms with Gasteiger partial charge in [0, 0.05) is 23.6 Å². The van der Waals surface area contributed by atoms with E-state index in [-0.39, 0.29) is 9.79 Å². The van der Waals surface area contributed by atoms with E-state index in [1.54, 1.807) is 36.4 Å². The smallest absolute Gasteiger partial charge is 0.208 e. The van der Waals surface area contributed by atoms with Gasteiger partial charge in [0.25, 0.3) is 0 Å². The first-order valence-corrected chi connectivity index (χ1v) is 7.92. The molecule has 5 heteroatoms. The monoisotopic (exact) mass is 290 g/mol. The molecule has 1 aromatic carbocycles. The van der Waals surface area contributed by atoms with Crippen LogP contribution in [-0.4, -0.2) is 19.4 Å². The molecule has 0 amide bonds. The summed E-state index contributed by atoms with van der Waals surface area (Å²) in [6.07, 6.45) is 1.39. The van der Waals surface area contributed by atoms with Crippen LogP contribution in [0.1, 0.15) is 19.5 Å². The molecular weight excluding hydrogens is 272 g/mol. The Morgan fingerprint density at radius 2 is 1.60 bits per heavy atom. The van der Waals surface area contributed by atoms with E-state index in [0.29, 0.717) is 6.04 Å². The Labute approximate surface area is 119 Å². The predicted molar refractivity (Wildman–Crippen MR) is 79.6 cm³/mol. The highest BCUT2D eigenvalue weighted by Gasteiger charge is 2.17. The van der Waals surface area contributed by atoms with Gasteiger partial charge in [0.15, 0.2) is 0 Å². The Balaban J connectivity index is 2.32. The Morgan fingerprint density at radius 1 is 1.00 bits per heavy atom. The van der Waals surface area contributed by atoms with Gasteiger partial charge in [0.05, 0.1) is 9.79 Å². The van der Waals surface area contributed by atoms with Gasteiger partial charge in [0.1, 0.15) is 0 Å². The SMILES string of the molecule is Cc1ccc(S(=O)(=O)c2ccc(NC(C)C)cc2)cn1. The van der Waals surface area contributed by atoms with E-state index in [0.717, 1.165) is 11.4 Å². The summed E-state index contributed by atoms with van der Waals surface area (Å²) in [5.41, 5.74) is 1.70. The average Bonchev–Trinajstić information content (AvgIpc) is 2.39. The predicted octanol–water partition coefficient (Wildman–Crippen LogP) is 3.04. The van der Waals surface area contributed by atoms with Gasteiger partial charge in [-0.1, -0.05) is 0 Å². The standard InChI is InChI=1S/C15H18N2O2S/c1-11(2)17-13-5-8-14(9-6-13)20(18,19)15-7-4-12(3)16-10-15/h4-11,17H,1-3H3. The number of sulfone groups is 1. The van der Waals surface area contributed by atoms with Crippen LogP contribution in [0.2, 0.25) is 0 Å². The fraction of sp³-hybridized carbons (Fsp3) is 0.267. The molecule has 0 bridgehead atoms. The molecule has 0 atom stereocenters. The van der Waals surface area contributed by atoms with Crippen molar-refractivity contribution in [2.24, 2.45) is 0 Å². The maximum Gasteiger partial charge on any atom is 0.208 e. The van der Waals surface area contributed by atoms with E-state index in [4.69, 9.17) is 0 Å². The van der Waals surface area contributed by atoms with Gasteiger partial charge in [0.2, 0.25) is 9.84 Å². The molecule has 0 aliphatic carbocycles. The summed E-state index contributed by atoms with van der Waals surface area (Å²) in [5.74, 6) is 0. The molecule has 0 aliphatic rings. The zero-order valence-corrected chi connectivity index (χ0v) is 12.6. The first kappa shape index (κ1) is 14.5. The quantitative estimate of drug-likeness (QED) is 0.940. The van der Waals surface area contributed by atoms with Crippen molar-refractivity contribution >= 4 is 15.5 Å². The first-order valence-electron chi connectivity index (χ1n) is 6.44. The van der Waals surface area contributed by atoms with Gasteiger partial charge < -0.3 is 5.32 Å². The Bertz CT molecular complexity index is 675. The largest absolute Gasteiger partial charge is 0.383 e. The third kappa shape index (κ3) is 3.17. The number of anilines is 1. The van der Waals surface area contributed by atoms with E-state index in [9.17, 15) is 8.42 Å². The second-order valence-corrected chi connectivity index (χ2v) is 6.91. The normalized spacial score (nSPS) is 11.6. The van der Waals surface area contributed by atoms with Crippen LogP contribution in [0, 0.1) is 6.92 Å². The summed E-state index contributed by atoms with van der Waals surface area (Å²) in [5, 5.41) is 3.22. The van der Waals surface area contributed by atoms with Crippen LogP contribution < -0.4 is 5.32 Å². The van der Waals surface area contributed by atoms with Crippen molar-refractivity contribution in [3.8, 4) is 0 Å². The van der Waals surface area contributed by atoms with Crippen LogP contribution in [0.25, 0.3) is 0 Å². The number of aromatic nitrogens is 1. The lowest BCUT2D eigenvalue weighted by molar-refractivity contribution is 0.595. The van der Waals surface area contributed by atoms with Crippen molar-refractivity contribution < 1.29 is 8.42 Å². The number of hydrogen-bond acceptors (Lipinski definition) is 4. The van der Waals surface area contributed by atoms with Gasteiger partial charge >= 0.3 is 0 Å². The molecule has 0 fully saturated rings. The number of benzene rings is 1. The van der Waals surface area contributed by atoms with Crippen LogP contribution in [0.15, 0.2) is 52.4 Å². The number of nitrogens with one attached hydrogen (secondary N) is 1. The van der Waals surface area contributed by atoms with Crippen molar-refractivity contribution in [2.45, 2.75) is 36.6 Å². The van der Waals surface area contributed by atoms with E-state index in [2.05, 4.69) is 10.3 Å². The van der Waals surface area contributed by atoms with Crippen LogP contribution >= 0.6 is 0 Å². The first-order chi connectivity index (χ1) is 9.39. The average molecular weight is 290 g/mol. The highest BCUT2D eigenvalue weighted by molar-refractivity contribution is 7.91. The highest BCUT2D eigenvalue weighted by atomic mass is 32.2. The minimum absolute atomic E-state index is 0.215. The minimum atomic E-state index is -3.49. The van der Waals surface area contributed by atoms with Crippen LogP contribution in [-0.2, 0) is 9.84 Å². The molecule has 106 valence electrons. The fourth-order valence-corrected chi connectivity index (χ4v) is 3.02. The molecule has 2 rings (SSSR count). The molecule has 2 aromatic rings. The van der Waals surface area contributed by atoms with Gasteiger partial charge in [-0.15, -0.1) is 0 Å². The second kappa shape index (κ2) is 5.63. The number of nitrogens with zero attached hydrogens (tertiary/aromatic N) is 1. The van der Waals surface area contributed by atoms with E-state index < -0.39 is 9.84 Å². The number of hydrogen-bond donors (Lipinski definition) is 1. The zero-order chi connectivity index (χ0) is 14.8. The summed E-state index contributed by atoms with van der Waals surface area (Å²) < 4.78 is 24.8. The Kier molecular flexibility index (Phi) is 4.09. The molecule has 0 unspecified atom stereocenters. The van der Waals surface area contributed by atoms with Gasteiger partial charge in [-0.2, -0.15) is 0 Å². The van der Waals surface area contributed by atoms with E-state index in [1.165, 1.54) is 6.20 Å². The molecule has 1 N–H and O–H groups in total. The molecule has 0 saturated heterocycles. The second-order valence-electron chi connectivity index (χ2n) is 4.96. The topological polar surface area (TPSA) is 59.1 Å². The van der Waals surface area contributed by atoms with Crippen molar-refractivity contribution in [2.75, 3.05) is 5.32 Å². The minimum Gasteiger partial charge on any atom is -0.383 e. The molecule has 0 saturated carbocycles. The Hall–Kier alpha value is -1.88. The molecule has 0 radical (unpaired) electrons. The molecule has 1 aromatic heterocycles. The summed E-state index contributed by atoms with van der Waals surface area (Å²) in [7, 11) is -3.49. The van der Waals surface area contributed by atoms with Gasteiger partial charge in [-0.25, -0.2) is 8.42 Å². The summed E-state index contributed by atoms with van der Waals surface area (Å²) in [4.78, 5) is 4.53. The van der Waals surface area contributed by atoms with E-state index in [1.807, 2.05) is 20.8 Å². The maximum absolute atomic E-state index is 12.4. The fourth-order valence-electron chi connectivity index (χ4n) is 1.81. The zero-order valence-electron chi connectivity index (χ0n) is 11.8. The molecule has 1 heterocycles. The molecule has 0 aliphatic heterocycles. The van der Waals surface area contributed by atoms with E-state index >= 15 is 0 Å². The van der Waals surface area contributed by atoms with Crippen molar-refractivity contribution in [1.29, 1.82) is 0 Å². The molecule has 4 nitrogen and oxygen atoms in total. The molecule has 0 spiro atoms. The summed E-state index contributed by atoms with van der Waals surface area (Å²) >= 11 is 0. The van der Waals surface area contributed by atoms with Crippen molar-refractivity contribution in [3.05, 3.63) is 48.3 Å². The Morgan fingerprint density at radius 3 is 2.10 bits per heavy atom. The lowest BCUT2D eigenvalue weighted by Gasteiger charge is -2.10. The summed E-state index contributed by atoms with van der Waals surface area (Å²) in [6, 6.07) is 10.3. The third-order valence-corrected chi connectivity index (χ3v) is 4.57. The van der Waals surface area contributed by atoms with Crippen LogP contribution in [0.5, 0.6) is 0 Å². The number of pyridine rings is 1.